The van der Waals surface area contributed by atoms with Crippen molar-refractivity contribution in [3.8, 4) is 11.8 Å². The number of hydrogen-bond donors (Lipinski definition) is 1. The fourth-order valence-corrected chi connectivity index (χ4v) is 2.31. The Morgan fingerprint density at radius 3 is 2.36 bits per heavy atom. The van der Waals surface area contributed by atoms with Gasteiger partial charge in [0.15, 0.2) is 0 Å². The third-order valence-electron chi connectivity index (χ3n) is 3.44. The number of benzene rings is 2. The van der Waals surface area contributed by atoms with Gasteiger partial charge in [-0.1, -0.05) is 23.7 Å². The summed E-state index contributed by atoms with van der Waals surface area (Å²) in [5, 5.41) is 3.55. The van der Waals surface area contributed by atoms with Crippen molar-refractivity contribution in [2.75, 3.05) is 5.32 Å². The fraction of sp³-hybridized carbons (Fsp3) is 0.105. The van der Waals surface area contributed by atoms with Gasteiger partial charge in [0.1, 0.15) is 5.75 Å². The summed E-state index contributed by atoms with van der Waals surface area (Å²) in [5.41, 5.74) is 1.79. The highest BCUT2D eigenvalue weighted by atomic mass is 35.5. The van der Waals surface area contributed by atoms with Crippen LogP contribution in [0.2, 0.25) is 5.02 Å². The number of carbonyl (C=O) groups is 1. The van der Waals surface area contributed by atoms with E-state index >= 15 is 0 Å². The van der Waals surface area contributed by atoms with Crippen molar-refractivity contribution in [2.24, 2.45) is 0 Å². The van der Waals surface area contributed by atoms with Gasteiger partial charge in [0.05, 0.1) is 0 Å². The van der Waals surface area contributed by atoms with E-state index in [1.807, 2.05) is 24.3 Å². The van der Waals surface area contributed by atoms with Crippen molar-refractivity contribution in [2.45, 2.75) is 12.8 Å². The number of nitrogens with zero attached hydrogens (tertiary/aromatic N) is 2. The predicted octanol–water partition coefficient (Wildman–Crippen LogP) is 4.49. The zero-order valence-corrected chi connectivity index (χ0v) is 14.1. The van der Waals surface area contributed by atoms with Crippen LogP contribution in [0.25, 0.3) is 0 Å². The Kier molecular flexibility index (Phi) is 5.59. The maximum Gasteiger partial charge on any atom is 0.321 e. The van der Waals surface area contributed by atoms with E-state index in [0.717, 1.165) is 5.56 Å². The molecular formula is C19H16ClN3O2. The zero-order valence-electron chi connectivity index (χ0n) is 13.4. The number of rotatable bonds is 6. The lowest BCUT2D eigenvalue weighted by Crippen LogP contribution is -2.12. The number of aryl methyl sites for hydroxylation is 1. The molecule has 2 aromatic carbocycles. The van der Waals surface area contributed by atoms with E-state index in [2.05, 4.69) is 15.3 Å². The monoisotopic (exact) mass is 353 g/mol. The second-order valence-electron chi connectivity index (χ2n) is 5.33. The summed E-state index contributed by atoms with van der Waals surface area (Å²) in [6.45, 7) is 0. The first-order valence-corrected chi connectivity index (χ1v) is 8.16. The molecule has 0 aliphatic heterocycles. The Morgan fingerprint density at radius 2 is 1.68 bits per heavy atom. The summed E-state index contributed by atoms with van der Waals surface area (Å²) in [6.07, 6.45) is 4.28. The Balaban J connectivity index is 1.50. The number of ether oxygens (including phenoxy) is 1. The summed E-state index contributed by atoms with van der Waals surface area (Å²) in [7, 11) is 0. The molecule has 0 aliphatic rings. The van der Waals surface area contributed by atoms with Crippen LogP contribution in [0.15, 0.2) is 67.0 Å². The molecule has 1 aromatic heterocycles. The van der Waals surface area contributed by atoms with Crippen molar-refractivity contribution >= 4 is 23.2 Å². The van der Waals surface area contributed by atoms with Crippen molar-refractivity contribution in [3.05, 3.63) is 77.6 Å². The molecule has 0 aliphatic carbocycles. The van der Waals surface area contributed by atoms with Crippen LogP contribution in [0.1, 0.15) is 12.0 Å². The van der Waals surface area contributed by atoms with Crippen LogP contribution < -0.4 is 10.1 Å². The largest absolute Gasteiger partial charge is 0.424 e. The third-order valence-corrected chi connectivity index (χ3v) is 3.70. The topological polar surface area (TPSA) is 64.1 Å². The van der Waals surface area contributed by atoms with Crippen LogP contribution >= 0.6 is 11.6 Å². The normalized spacial score (nSPS) is 10.3. The maximum atomic E-state index is 12.0. The molecule has 1 heterocycles. The van der Waals surface area contributed by atoms with Crippen molar-refractivity contribution in [1.82, 2.24) is 9.97 Å². The first kappa shape index (κ1) is 16.9. The van der Waals surface area contributed by atoms with Gasteiger partial charge in [0, 0.05) is 29.5 Å². The van der Waals surface area contributed by atoms with Crippen LogP contribution in [0, 0.1) is 0 Å². The Labute approximate surface area is 150 Å². The minimum atomic E-state index is -0.0463. The lowest BCUT2D eigenvalue weighted by Gasteiger charge is -2.07. The molecular weight excluding hydrogens is 338 g/mol. The molecule has 0 unspecified atom stereocenters. The molecule has 25 heavy (non-hydrogen) atoms. The summed E-state index contributed by atoms with van der Waals surface area (Å²) in [6, 6.07) is 16.6. The SMILES string of the molecule is O=C(CCc1ccc(Cl)cc1)Nc1ccc(Oc2ncccn2)cc1. The third kappa shape index (κ3) is 5.29. The summed E-state index contributed by atoms with van der Waals surface area (Å²) < 4.78 is 5.51. The van der Waals surface area contributed by atoms with E-state index < -0.39 is 0 Å². The highest BCUT2D eigenvalue weighted by Crippen LogP contribution is 2.20. The molecule has 3 aromatic rings. The van der Waals surface area contributed by atoms with Gasteiger partial charge in [0.2, 0.25) is 5.91 Å². The lowest BCUT2D eigenvalue weighted by atomic mass is 10.1. The number of hydrogen-bond acceptors (Lipinski definition) is 4. The molecule has 6 heteroatoms. The molecule has 0 bridgehead atoms. The highest BCUT2D eigenvalue weighted by molar-refractivity contribution is 6.30. The number of aromatic nitrogens is 2. The molecule has 5 nitrogen and oxygen atoms in total. The lowest BCUT2D eigenvalue weighted by molar-refractivity contribution is -0.116. The maximum absolute atomic E-state index is 12.0. The Bertz CT molecular complexity index is 822. The summed E-state index contributed by atoms with van der Waals surface area (Å²) in [4.78, 5) is 20.0. The summed E-state index contributed by atoms with van der Waals surface area (Å²) >= 11 is 5.85. The molecule has 0 spiro atoms. The highest BCUT2D eigenvalue weighted by Gasteiger charge is 2.05. The van der Waals surface area contributed by atoms with Crippen molar-refractivity contribution in [1.29, 1.82) is 0 Å². The Morgan fingerprint density at radius 1 is 1.00 bits per heavy atom. The zero-order chi connectivity index (χ0) is 17.5. The van der Waals surface area contributed by atoms with Gasteiger partial charge in [0.25, 0.3) is 0 Å². The van der Waals surface area contributed by atoms with Crippen molar-refractivity contribution in [3.63, 3.8) is 0 Å². The molecule has 1 N–H and O–H groups in total. The second kappa shape index (κ2) is 8.26. The minimum absolute atomic E-state index is 0.0463. The van der Waals surface area contributed by atoms with Gasteiger partial charge in [-0.05, 0) is 54.4 Å². The quantitative estimate of drug-likeness (QED) is 0.709. The molecule has 0 fully saturated rings. The smallest absolute Gasteiger partial charge is 0.321 e. The molecule has 0 atom stereocenters. The molecule has 126 valence electrons. The van der Waals surface area contributed by atoms with E-state index in [9.17, 15) is 4.79 Å². The van der Waals surface area contributed by atoms with Crippen LogP contribution in [0.4, 0.5) is 5.69 Å². The molecule has 0 radical (unpaired) electrons. The van der Waals surface area contributed by atoms with Gasteiger partial charge < -0.3 is 10.1 Å². The van der Waals surface area contributed by atoms with Gasteiger partial charge in [-0.25, -0.2) is 9.97 Å². The van der Waals surface area contributed by atoms with Crippen LogP contribution in [-0.2, 0) is 11.2 Å². The van der Waals surface area contributed by atoms with E-state index in [1.54, 1.807) is 42.7 Å². The average molecular weight is 354 g/mol. The van der Waals surface area contributed by atoms with E-state index in [0.29, 0.717) is 29.3 Å². The second-order valence-corrected chi connectivity index (χ2v) is 5.77. The number of anilines is 1. The number of amides is 1. The standard InChI is InChI=1S/C19H16ClN3O2/c20-15-5-2-14(3-6-15)4-11-18(24)23-16-7-9-17(10-8-16)25-19-21-12-1-13-22-19/h1-3,5-10,12-13H,4,11H2,(H,23,24). The first-order chi connectivity index (χ1) is 12.2. The Hall–Kier alpha value is -2.92. The van der Waals surface area contributed by atoms with Crippen LogP contribution in [-0.4, -0.2) is 15.9 Å². The van der Waals surface area contributed by atoms with E-state index in [-0.39, 0.29) is 11.9 Å². The molecule has 1 amide bonds. The summed E-state index contributed by atoms with van der Waals surface area (Å²) in [5.74, 6) is 0.556. The van der Waals surface area contributed by atoms with Crippen LogP contribution in [0.5, 0.6) is 11.8 Å². The average Bonchev–Trinajstić information content (AvgIpc) is 2.64. The van der Waals surface area contributed by atoms with Crippen LogP contribution in [0.3, 0.4) is 0 Å². The van der Waals surface area contributed by atoms with Crippen molar-refractivity contribution < 1.29 is 9.53 Å². The van der Waals surface area contributed by atoms with Gasteiger partial charge >= 0.3 is 6.01 Å². The first-order valence-electron chi connectivity index (χ1n) is 7.78. The van der Waals surface area contributed by atoms with E-state index in [1.165, 1.54) is 0 Å². The fourth-order valence-electron chi connectivity index (χ4n) is 2.18. The van der Waals surface area contributed by atoms with E-state index in [4.69, 9.17) is 16.3 Å². The predicted molar refractivity (Wildman–Crippen MR) is 97.0 cm³/mol. The number of carbonyl (C=O) groups excluding carboxylic acids is 1. The molecule has 0 saturated heterocycles. The number of halogens is 1. The number of nitrogens with one attached hydrogen (secondary N) is 1. The molecule has 3 rings (SSSR count). The van der Waals surface area contributed by atoms with Gasteiger partial charge in [-0.2, -0.15) is 0 Å². The van der Waals surface area contributed by atoms with Gasteiger partial charge in [-0.3, -0.25) is 4.79 Å². The minimum Gasteiger partial charge on any atom is -0.424 e. The van der Waals surface area contributed by atoms with Gasteiger partial charge in [-0.15, -0.1) is 0 Å². The molecule has 0 saturated carbocycles.